The molecule has 0 saturated heterocycles. The highest BCUT2D eigenvalue weighted by atomic mass is 31.1. The van der Waals surface area contributed by atoms with Crippen LogP contribution in [0, 0.1) is 0 Å². The van der Waals surface area contributed by atoms with Gasteiger partial charge in [0.2, 0.25) is 0 Å². The molecule has 0 aliphatic heterocycles. The summed E-state index contributed by atoms with van der Waals surface area (Å²) in [7, 11) is -1.27. The predicted octanol–water partition coefficient (Wildman–Crippen LogP) is 0.533. The topological polar surface area (TPSA) is 79.2 Å². The smallest absolute Gasteiger partial charge is 0.372 e. The van der Waals surface area contributed by atoms with Crippen molar-refractivity contribution in [3.05, 3.63) is 25.3 Å². The molecule has 14 heavy (non-hydrogen) atoms. The van der Waals surface area contributed by atoms with Crippen LogP contribution in [0.5, 0.6) is 0 Å². The Kier molecular flexibility index (Phi) is 6.48. The first kappa shape index (κ1) is 13.4. The average Bonchev–Trinajstić information content (AvgIpc) is 2.23. The molecule has 0 saturated carbocycles. The van der Waals surface area contributed by atoms with Gasteiger partial charge in [-0.15, -0.1) is 4.52 Å². The Bertz CT molecular complexity index is 208. The Morgan fingerprint density at radius 1 is 1.36 bits per heavy atom. The highest BCUT2D eigenvalue weighted by Gasteiger charge is 2.31. The van der Waals surface area contributed by atoms with Crippen LogP contribution in [0.15, 0.2) is 25.3 Å². The summed E-state index contributed by atoms with van der Waals surface area (Å²) in [5.41, 5.74) is 0. The third-order valence-electron chi connectivity index (χ3n) is 1.25. The van der Waals surface area contributed by atoms with Gasteiger partial charge in [0.05, 0.1) is 7.11 Å². The highest BCUT2D eigenvalue weighted by Crippen LogP contribution is 2.26. The van der Waals surface area contributed by atoms with Gasteiger partial charge in [0.1, 0.15) is 0 Å². The quantitative estimate of drug-likeness (QED) is 0.283. The summed E-state index contributed by atoms with van der Waals surface area (Å²) in [6.07, 6.45) is -0.439. The van der Waals surface area contributed by atoms with E-state index in [0.29, 0.717) is 5.06 Å². The second-order valence-electron chi connectivity index (χ2n) is 2.15. The molecular weight excluding hydrogens is 209 g/mol. The van der Waals surface area contributed by atoms with Crippen molar-refractivity contribution in [3.8, 4) is 0 Å². The van der Waals surface area contributed by atoms with E-state index in [1.165, 1.54) is 0 Å². The van der Waals surface area contributed by atoms with E-state index in [0.717, 1.165) is 19.3 Å². The molecule has 0 aliphatic carbocycles. The van der Waals surface area contributed by atoms with Gasteiger partial charge in [-0.2, -0.15) is 0 Å². The molecule has 80 valence electrons. The first-order valence-electron chi connectivity index (χ1n) is 3.65. The van der Waals surface area contributed by atoms with Gasteiger partial charge in [0.25, 0.3) is 0 Å². The van der Waals surface area contributed by atoms with Gasteiger partial charge in [-0.25, -0.2) is 0 Å². The Morgan fingerprint density at radius 2 is 1.79 bits per heavy atom. The minimum absolute atomic E-state index is 0.641. The summed E-state index contributed by atoms with van der Waals surface area (Å²) in [5.74, 6) is 0. The fourth-order valence-corrected chi connectivity index (χ4v) is 0.985. The number of hydrogen-bond acceptors (Lipinski definition) is 6. The van der Waals surface area contributed by atoms with E-state index < -0.39 is 20.7 Å². The van der Waals surface area contributed by atoms with Crippen molar-refractivity contribution in [1.82, 2.24) is 5.06 Å². The molecule has 0 amide bonds. The number of nitrogens with zero attached hydrogens (tertiary/aromatic N) is 1. The van der Waals surface area contributed by atoms with Crippen LogP contribution in [0.3, 0.4) is 0 Å². The van der Waals surface area contributed by atoms with E-state index in [2.05, 4.69) is 22.3 Å². The highest BCUT2D eigenvalue weighted by molar-refractivity contribution is 7.33. The maximum absolute atomic E-state index is 10.8. The van der Waals surface area contributed by atoms with Crippen LogP contribution < -0.4 is 0 Å². The molecule has 0 aliphatic rings. The monoisotopic (exact) mass is 222 g/mol. The Hall–Kier alpha value is -0.620. The van der Waals surface area contributed by atoms with Crippen molar-refractivity contribution in [2.75, 3.05) is 7.11 Å². The SMILES string of the molecule is C=CC(O)N(O[P+](=O)OC)C(O)C=C. The van der Waals surface area contributed by atoms with E-state index in [1.807, 2.05) is 0 Å². The summed E-state index contributed by atoms with van der Waals surface area (Å²) < 4.78 is 19.7. The summed E-state index contributed by atoms with van der Waals surface area (Å²) in [6.45, 7) is 6.56. The number of hydrogen-bond donors (Lipinski definition) is 2. The van der Waals surface area contributed by atoms with Crippen LogP contribution in [0.25, 0.3) is 0 Å². The van der Waals surface area contributed by atoms with Gasteiger partial charge >= 0.3 is 8.25 Å². The minimum Gasteiger partial charge on any atom is -0.372 e. The van der Waals surface area contributed by atoms with Gasteiger partial charge in [-0.3, -0.25) is 0 Å². The number of aliphatic hydroxyl groups excluding tert-OH is 2. The molecule has 2 N–H and O–H groups in total. The largest absolute Gasteiger partial charge is 0.716 e. The van der Waals surface area contributed by atoms with Gasteiger partial charge in [-0.05, 0) is 16.8 Å². The third-order valence-corrected chi connectivity index (χ3v) is 1.87. The number of aliphatic hydroxyl groups is 2. The molecule has 0 heterocycles. The maximum Gasteiger partial charge on any atom is 0.716 e. The van der Waals surface area contributed by atoms with Crippen molar-refractivity contribution < 1.29 is 23.9 Å². The Morgan fingerprint density at radius 3 is 2.07 bits per heavy atom. The Labute approximate surface area is 83.0 Å². The Balaban J connectivity index is 4.46. The molecular formula is C7H13NO5P+. The summed E-state index contributed by atoms with van der Waals surface area (Å²) in [5, 5.41) is 19.2. The molecule has 6 nitrogen and oxygen atoms in total. The van der Waals surface area contributed by atoms with Crippen LogP contribution in [-0.4, -0.2) is 34.8 Å². The zero-order valence-corrected chi connectivity index (χ0v) is 8.63. The molecule has 0 spiro atoms. The van der Waals surface area contributed by atoms with Crippen molar-refractivity contribution in [2.24, 2.45) is 0 Å². The van der Waals surface area contributed by atoms with E-state index in [4.69, 9.17) is 0 Å². The van der Waals surface area contributed by atoms with Crippen molar-refractivity contribution in [1.29, 1.82) is 0 Å². The first-order chi connectivity index (χ1) is 6.56. The van der Waals surface area contributed by atoms with E-state index in [9.17, 15) is 14.8 Å². The normalized spacial score (nSPS) is 16.1. The molecule has 0 radical (unpaired) electrons. The molecule has 0 aromatic carbocycles. The average molecular weight is 222 g/mol. The molecule has 0 aromatic heterocycles. The summed E-state index contributed by atoms with van der Waals surface area (Å²) >= 11 is 0. The lowest BCUT2D eigenvalue weighted by atomic mass is 10.4. The lowest BCUT2D eigenvalue weighted by Gasteiger charge is -2.20. The van der Waals surface area contributed by atoms with E-state index in [1.54, 1.807) is 0 Å². The van der Waals surface area contributed by atoms with Gasteiger partial charge in [0.15, 0.2) is 12.5 Å². The zero-order valence-electron chi connectivity index (χ0n) is 7.74. The first-order valence-corrected chi connectivity index (χ1v) is 4.75. The standard InChI is InChI=1S/C7H13NO5P/c1-4-6(9)8(7(10)5-2)13-14(11)12-3/h4-7,9-10H,1-2H2,3H3/q+1. The van der Waals surface area contributed by atoms with E-state index >= 15 is 0 Å². The van der Waals surface area contributed by atoms with Crippen molar-refractivity contribution in [2.45, 2.75) is 12.5 Å². The molecule has 0 bridgehead atoms. The van der Waals surface area contributed by atoms with Crippen LogP contribution in [0.4, 0.5) is 0 Å². The maximum atomic E-state index is 10.8. The third kappa shape index (κ3) is 4.06. The molecule has 3 unspecified atom stereocenters. The number of hydroxylamine groups is 2. The lowest BCUT2D eigenvalue weighted by molar-refractivity contribution is -0.218. The van der Waals surface area contributed by atoms with Crippen LogP contribution in [-0.2, 0) is 13.7 Å². The van der Waals surface area contributed by atoms with Crippen LogP contribution in [0.1, 0.15) is 0 Å². The molecule has 0 rings (SSSR count). The lowest BCUT2D eigenvalue weighted by Crippen LogP contribution is -2.39. The van der Waals surface area contributed by atoms with Gasteiger partial charge in [-0.1, -0.05) is 18.2 Å². The molecule has 7 heteroatoms. The van der Waals surface area contributed by atoms with Crippen LogP contribution >= 0.6 is 8.25 Å². The summed E-state index contributed by atoms with van der Waals surface area (Å²) in [6, 6.07) is 0. The van der Waals surface area contributed by atoms with Gasteiger partial charge < -0.3 is 10.2 Å². The second kappa shape index (κ2) is 6.78. The second-order valence-corrected chi connectivity index (χ2v) is 3.12. The minimum atomic E-state index is -2.43. The summed E-state index contributed by atoms with van der Waals surface area (Å²) in [4.78, 5) is 0. The fraction of sp³-hybridized carbons (Fsp3) is 0.429. The fourth-order valence-electron chi connectivity index (χ4n) is 0.571. The molecule has 0 aromatic rings. The molecule has 0 fully saturated rings. The predicted molar refractivity (Wildman–Crippen MR) is 49.9 cm³/mol. The van der Waals surface area contributed by atoms with Crippen molar-refractivity contribution in [3.63, 3.8) is 0 Å². The van der Waals surface area contributed by atoms with Crippen LogP contribution in [0.2, 0.25) is 0 Å². The van der Waals surface area contributed by atoms with E-state index in [-0.39, 0.29) is 0 Å². The van der Waals surface area contributed by atoms with Gasteiger partial charge in [0, 0.05) is 4.57 Å². The zero-order chi connectivity index (χ0) is 11.1. The van der Waals surface area contributed by atoms with Crippen molar-refractivity contribution >= 4 is 8.25 Å². The number of rotatable bonds is 7. The molecule has 3 atom stereocenters.